The Morgan fingerprint density at radius 2 is 1.67 bits per heavy atom. The van der Waals surface area contributed by atoms with E-state index in [1.807, 2.05) is 12.1 Å². The van der Waals surface area contributed by atoms with E-state index in [0.29, 0.717) is 29.8 Å². The Morgan fingerprint density at radius 1 is 1.07 bits per heavy atom. The van der Waals surface area contributed by atoms with Crippen LogP contribution in [0.25, 0.3) is 0 Å². The van der Waals surface area contributed by atoms with Crippen LogP contribution in [0.5, 0.6) is 0 Å². The Balaban J connectivity index is 1.60. The minimum atomic E-state index is -3.63. The third-order valence-corrected chi connectivity index (χ3v) is 6.58. The minimum Gasteiger partial charge on any atom is -0.378 e. The predicted molar refractivity (Wildman–Crippen MR) is 119 cm³/mol. The Morgan fingerprint density at radius 3 is 2.23 bits per heavy atom. The summed E-state index contributed by atoms with van der Waals surface area (Å²) in [7, 11) is -3.63. The van der Waals surface area contributed by atoms with Gasteiger partial charge in [-0.1, -0.05) is 12.1 Å². The van der Waals surface area contributed by atoms with Crippen LogP contribution in [0.3, 0.4) is 0 Å². The molecule has 1 amide bonds. The van der Waals surface area contributed by atoms with Crippen molar-refractivity contribution in [3.8, 4) is 0 Å². The van der Waals surface area contributed by atoms with Crippen LogP contribution in [-0.4, -0.2) is 47.2 Å². The molecule has 7 nitrogen and oxygen atoms in total. The third kappa shape index (κ3) is 5.59. The van der Waals surface area contributed by atoms with E-state index < -0.39 is 10.0 Å². The van der Waals surface area contributed by atoms with Crippen LogP contribution in [0, 0.1) is 13.8 Å². The first-order valence-corrected chi connectivity index (χ1v) is 11.5. The first kappa shape index (κ1) is 22.3. The number of nitrogens with one attached hydrogen (secondary N) is 2. The Bertz CT molecular complexity index is 975. The summed E-state index contributed by atoms with van der Waals surface area (Å²) in [4.78, 5) is 13.8. The fourth-order valence-electron chi connectivity index (χ4n) is 3.56. The molecular weight excluding hydrogens is 402 g/mol. The topological polar surface area (TPSA) is 87.7 Å². The number of benzene rings is 2. The van der Waals surface area contributed by atoms with Crippen molar-refractivity contribution in [2.75, 3.05) is 43.1 Å². The van der Waals surface area contributed by atoms with Crippen LogP contribution in [0.4, 0.5) is 11.4 Å². The highest BCUT2D eigenvalue weighted by Gasteiger charge is 2.17. The van der Waals surface area contributed by atoms with E-state index in [0.717, 1.165) is 37.6 Å². The van der Waals surface area contributed by atoms with E-state index in [1.165, 1.54) is 6.92 Å². The first-order valence-electron chi connectivity index (χ1n) is 10.1. The number of amides is 1. The molecule has 162 valence electrons. The number of rotatable bonds is 7. The number of hydrogen-bond acceptors (Lipinski definition) is 5. The van der Waals surface area contributed by atoms with Crippen LogP contribution in [0.15, 0.2) is 41.3 Å². The van der Waals surface area contributed by atoms with Crippen molar-refractivity contribution in [2.24, 2.45) is 0 Å². The fraction of sp³-hybridized carbons (Fsp3) is 0.409. The molecule has 2 aromatic rings. The van der Waals surface area contributed by atoms with Gasteiger partial charge in [0.15, 0.2) is 0 Å². The van der Waals surface area contributed by atoms with E-state index in [4.69, 9.17) is 4.74 Å². The molecule has 1 aliphatic heterocycles. The molecular formula is C22H29N3O4S. The number of aryl methyl sites for hydroxylation is 2. The second-order valence-corrected chi connectivity index (χ2v) is 9.29. The van der Waals surface area contributed by atoms with Gasteiger partial charge in [-0.05, 0) is 61.2 Å². The molecule has 1 fully saturated rings. The zero-order valence-corrected chi connectivity index (χ0v) is 18.5. The maximum Gasteiger partial charge on any atom is 0.240 e. The second-order valence-electron chi connectivity index (χ2n) is 7.53. The van der Waals surface area contributed by atoms with Crippen LogP contribution in [-0.2, 0) is 26.0 Å². The Hall–Kier alpha value is -2.42. The number of hydrogen-bond donors (Lipinski definition) is 2. The average molecular weight is 432 g/mol. The lowest BCUT2D eigenvalue weighted by Gasteiger charge is -2.28. The lowest BCUT2D eigenvalue weighted by Crippen LogP contribution is -2.36. The van der Waals surface area contributed by atoms with Crippen molar-refractivity contribution in [1.82, 2.24) is 4.72 Å². The molecule has 0 aromatic heterocycles. The summed E-state index contributed by atoms with van der Waals surface area (Å²) in [6.45, 7) is 8.57. The van der Waals surface area contributed by atoms with Crippen LogP contribution in [0.1, 0.15) is 23.6 Å². The highest BCUT2D eigenvalue weighted by molar-refractivity contribution is 7.89. The van der Waals surface area contributed by atoms with E-state index in [-0.39, 0.29) is 10.8 Å². The van der Waals surface area contributed by atoms with E-state index in [1.54, 1.807) is 26.0 Å². The minimum absolute atomic E-state index is 0.186. The number of anilines is 2. The molecule has 0 saturated carbocycles. The number of sulfonamides is 1. The second kappa shape index (κ2) is 9.59. The van der Waals surface area contributed by atoms with Gasteiger partial charge in [-0.15, -0.1) is 0 Å². The van der Waals surface area contributed by atoms with Gasteiger partial charge in [0.25, 0.3) is 0 Å². The maximum absolute atomic E-state index is 12.7. The van der Waals surface area contributed by atoms with Crippen molar-refractivity contribution < 1.29 is 17.9 Å². The summed E-state index contributed by atoms with van der Waals surface area (Å²) in [6.07, 6.45) is 0.602. The van der Waals surface area contributed by atoms with Crippen LogP contribution in [0.2, 0.25) is 0 Å². The number of ether oxygens (including phenoxy) is 1. The predicted octanol–water partition coefficient (Wildman–Crippen LogP) is 2.62. The van der Waals surface area contributed by atoms with Crippen molar-refractivity contribution in [1.29, 1.82) is 0 Å². The largest absolute Gasteiger partial charge is 0.378 e. The quantitative estimate of drug-likeness (QED) is 0.704. The summed E-state index contributed by atoms with van der Waals surface area (Å²) >= 11 is 0. The van der Waals surface area contributed by atoms with Gasteiger partial charge in [0.05, 0.1) is 18.1 Å². The average Bonchev–Trinajstić information content (AvgIpc) is 2.71. The lowest BCUT2D eigenvalue weighted by molar-refractivity contribution is -0.114. The zero-order valence-electron chi connectivity index (χ0n) is 17.7. The van der Waals surface area contributed by atoms with Crippen LogP contribution >= 0.6 is 0 Å². The molecule has 0 atom stereocenters. The Labute approximate surface area is 178 Å². The van der Waals surface area contributed by atoms with Gasteiger partial charge in [-0.25, -0.2) is 13.1 Å². The number of nitrogens with zero attached hydrogens (tertiary/aromatic N) is 1. The van der Waals surface area contributed by atoms with Gasteiger partial charge in [0.1, 0.15) is 0 Å². The van der Waals surface area contributed by atoms with Crippen LogP contribution < -0.4 is 14.9 Å². The molecule has 0 spiro atoms. The first-order chi connectivity index (χ1) is 14.3. The summed E-state index contributed by atoms with van der Waals surface area (Å²) < 4.78 is 33.5. The van der Waals surface area contributed by atoms with Crippen molar-refractivity contribution in [3.05, 3.63) is 53.1 Å². The van der Waals surface area contributed by atoms with Gasteiger partial charge < -0.3 is 15.0 Å². The summed E-state index contributed by atoms with van der Waals surface area (Å²) in [5.41, 5.74) is 4.31. The molecule has 1 heterocycles. The molecule has 0 aliphatic carbocycles. The van der Waals surface area contributed by atoms with E-state index >= 15 is 0 Å². The van der Waals surface area contributed by atoms with Gasteiger partial charge in [0, 0.05) is 37.9 Å². The van der Waals surface area contributed by atoms with Gasteiger partial charge in [-0.3, -0.25) is 4.79 Å². The maximum atomic E-state index is 12.7. The van der Waals surface area contributed by atoms with Gasteiger partial charge in [-0.2, -0.15) is 0 Å². The summed E-state index contributed by atoms with van der Waals surface area (Å²) in [6, 6.07) is 11.4. The molecule has 0 bridgehead atoms. The normalized spacial score (nSPS) is 14.6. The molecule has 1 aliphatic rings. The molecule has 2 N–H and O–H groups in total. The van der Waals surface area contributed by atoms with E-state index in [9.17, 15) is 13.2 Å². The Kier molecular flexibility index (Phi) is 7.12. The molecule has 30 heavy (non-hydrogen) atoms. The summed E-state index contributed by atoms with van der Waals surface area (Å²) in [5, 5.41) is 2.75. The number of carbonyl (C=O) groups is 1. The molecule has 2 aromatic carbocycles. The van der Waals surface area contributed by atoms with Crippen molar-refractivity contribution in [2.45, 2.75) is 32.1 Å². The number of morpholine rings is 1. The summed E-state index contributed by atoms with van der Waals surface area (Å²) in [5.74, 6) is -0.186. The molecule has 3 rings (SSSR count). The zero-order chi connectivity index (χ0) is 21.7. The monoisotopic (exact) mass is 431 g/mol. The lowest BCUT2D eigenvalue weighted by atomic mass is 10.1. The highest BCUT2D eigenvalue weighted by atomic mass is 32.2. The molecule has 8 heteroatoms. The SMILES string of the molecule is CC(=O)Nc1c(C)cc(S(=O)(=O)NCCc2ccc(N3CCOCC3)cc2)cc1C. The fourth-order valence-corrected chi connectivity index (χ4v) is 4.76. The highest BCUT2D eigenvalue weighted by Crippen LogP contribution is 2.24. The van der Waals surface area contributed by atoms with E-state index in [2.05, 4.69) is 27.1 Å². The smallest absolute Gasteiger partial charge is 0.240 e. The van der Waals surface area contributed by atoms with Gasteiger partial charge in [0.2, 0.25) is 15.9 Å². The van der Waals surface area contributed by atoms with Crippen molar-refractivity contribution in [3.63, 3.8) is 0 Å². The number of carbonyl (C=O) groups excluding carboxylic acids is 1. The van der Waals surface area contributed by atoms with Crippen molar-refractivity contribution >= 4 is 27.3 Å². The molecule has 1 saturated heterocycles. The third-order valence-electron chi connectivity index (χ3n) is 5.14. The van der Waals surface area contributed by atoms with Gasteiger partial charge >= 0.3 is 0 Å². The molecule has 0 radical (unpaired) electrons. The standard InChI is InChI=1S/C22H29N3O4S/c1-16-14-21(15-17(2)22(16)24-18(3)26)30(27,28)23-9-8-19-4-6-20(7-5-19)25-10-12-29-13-11-25/h4-7,14-15,23H,8-13H2,1-3H3,(H,24,26). The molecule has 0 unspecified atom stereocenters.